The second-order valence-electron chi connectivity index (χ2n) is 4.04. The number of rotatable bonds is 4. The van der Waals surface area contributed by atoms with Gasteiger partial charge >= 0.3 is 0 Å². The molecule has 0 atom stereocenters. The van der Waals surface area contributed by atoms with Gasteiger partial charge in [-0.1, -0.05) is 25.1 Å². The third kappa shape index (κ3) is 2.02. The van der Waals surface area contributed by atoms with Crippen LogP contribution in [0.4, 0.5) is 0 Å². The van der Waals surface area contributed by atoms with Crippen molar-refractivity contribution in [2.24, 2.45) is 5.92 Å². The molecule has 1 aliphatic carbocycles. The minimum absolute atomic E-state index is 0.0207. The number of hydrogen-bond acceptors (Lipinski definition) is 3. The monoisotopic (exact) mass is 238 g/mol. The third-order valence-corrected chi connectivity index (χ3v) is 4.60. The molecule has 1 aromatic carbocycles. The van der Waals surface area contributed by atoms with Crippen LogP contribution in [0.5, 0.6) is 0 Å². The molecule has 0 spiro atoms. The number of carbonyl (C=O) groups excluding carboxylic acids is 1. The highest BCUT2D eigenvalue weighted by molar-refractivity contribution is 7.91. The average molecular weight is 238 g/mol. The first-order chi connectivity index (χ1) is 7.56. The summed E-state index contributed by atoms with van der Waals surface area (Å²) in [5, 5.41) is 0. The second-order valence-corrected chi connectivity index (χ2v) is 6.28. The van der Waals surface area contributed by atoms with Crippen molar-refractivity contribution >= 4 is 15.6 Å². The Morgan fingerprint density at radius 2 is 1.94 bits per heavy atom. The maximum absolute atomic E-state index is 11.9. The van der Waals surface area contributed by atoms with E-state index < -0.39 is 9.84 Å². The summed E-state index contributed by atoms with van der Waals surface area (Å²) >= 11 is 0. The van der Waals surface area contributed by atoms with Crippen molar-refractivity contribution in [3.8, 4) is 0 Å². The molecule has 0 aliphatic heterocycles. The van der Waals surface area contributed by atoms with Crippen molar-refractivity contribution in [2.75, 3.05) is 5.75 Å². The fraction of sp³-hybridized carbons (Fsp3) is 0.417. The highest BCUT2D eigenvalue weighted by Gasteiger charge is 2.33. The van der Waals surface area contributed by atoms with Crippen LogP contribution < -0.4 is 0 Å². The lowest BCUT2D eigenvalue weighted by molar-refractivity contribution is 0.0964. The molecule has 3 nitrogen and oxygen atoms in total. The van der Waals surface area contributed by atoms with Gasteiger partial charge in [-0.25, -0.2) is 8.42 Å². The van der Waals surface area contributed by atoms with Gasteiger partial charge in [0.05, 0.1) is 10.6 Å². The van der Waals surface area contributed by atoms with Gasteiger partial charge in [-0.05, 0) is 18.9 Å². The lowest BCUT2D eigenvalue weighted by atomic mass is 10.1. The molecule has 0 amide bonds. The zero-order valence-corrected chi connectivity index (χ0v) is 9.96. The van der Waals surface area contributed by atoms with Crippen LogP contribution in [0.15, 0.2) is 29.2 Å². The number of hydrogen-bond donors (Lipinski definition) is 0. The minimum atomic E-state index is -3.30. The topological polar surface area (TPSA) is 51.2 Å². The first-order valence-corrected chi connectivity index (χ1v) is 7.07. The lowest BCUT2D eigenvalue weighted by Crippen LogP contribution is -2.12. The molecule has 0 radical (unpaired) electrons. The van der Waals surface area contributed by atoms with Crippen molar-refractivity contribution in [3.05, 3.63) is 29.8 Å². The maximum Gasteiger partial charge on any atom is 0.178 e. The molecule has 16 heavy (non-hydrogen) atoms. The van der Waals surface area contributed by atoms with Gasteiger partial charge in [-0.2, -0.15) is 0 Å². The van der Waals surface area contributed by atoms with E-state index in [0.29, 0.717) is 5.56 Å². The summed E-state index contributed by atoms with van der Waals surface area (Å²) in [5.74, 6) is 0.0583. The van der Waals surface area contributed by atoms with Gasteiger partial charge in [0.2, 0.25) is 0 Å². The Labute approximate surface area is 95.4 Å². The SMILES string of the molecule is CCS(=O)(=O)c1ccccc1C(=O)C1CC1. The lowest BCUT2D eigenvalue weighted by Gasteiger charge is -2.07. The Kier molecular flexibility index (Phi) is 2.84. The van der Waals surface area contributed by atoms with Gasteiger partial charge in [-0.3, -0.25) is 4.79 Å². The average Bonchev–Trinajstić information content (AvgIpc) is 3.12. The molecule has 4 heteroatoms. The highest BCUT2D eigenvalue weighted by atomic mass is 32.2. The van der Waals surface area contributed by atoms with Crippen LogP contribution in [-0.2, 0) is 9.84 Å². The molecule has 0 saturated heterocycles. The van der Waals surface area contributed by atoms with Crippen LogP contribution in [0.2, 0.25) is 0 Å². The number of sulfone groups is 1. The molecule has 0 aromatic heterocycles. The van der Waals surface area contributed by atoms with Gasteiger partial charge in [0.25, 0.3) is 0 Å². The van der Waals surface area contributed by atoms with Crippen molar-refractivity contribution in [1.29, 1.82) is 0 Å². The third-order valence-electron chi connectivity index (χ3n) is 2.82. The minimum Gasteiger partial charge on any atom is -0.294 e. The number of Topliss-reactive ketones (excluding diaryl/α,β-unsaturated/α-hetero) is 1. The van der Waals surface area contributed by atoms with E-state index in [-0.39, 0.29) is 22.3 Å². The molecule has 1 saturated carbocycles. The van der Waals surface area contributed by atoms with Gasteiger partial charge in [-0.15, -0.1) is 0 Å². The summed E-state index contributed by atoms with van der Waals surface area (Å²) in [7, 11) is -3.30. The maximum atomic E-state index is 11.9. The van der Waals surface area contributed by atoms with E-state index in [1.54, 1.807) is 25.1 Å². The van der Waals surface area contributed by atoms with Gasteiger partial charge in [0.15, 0.2) is 15.6 Å². The summed E-state index contributed by atoms with van der Waals surface area (Å²) in [6, 6.07) is 6.51. The molecular weight excluding hydrogens is 224 g/mol. The van der Waals surface area contributed by atoms with E-state index in [2.05, 4.69) is 0 Å². The summed E-state index contributed by atoms with van der Waals surface area (Å²) < 4.78 is 23.6. The normalized spacial score (nSPS) is 16.1. The number of carbonyl (C=O) groups is 1. The quantitative estimate of drug-likeness (QED) is 0.754. The van der Waals surface area contributed by atoms with Gasteiger partial charge < -0.3 is 0 Å². The van der Waals surface area contributed by atoms with Crippen LogP contribution in [0.25, 0.3) is 0 Å². The summed E-state index contributed by atoms with van der Waals surface area (Å²) in [6.45, 7) is 1.59. The molecule has 86 valence electrons. The summed E-state index contributed by atoms with van der Waals surface area (Å²) in [4.78, 5) is 12.1. The van der Waals surface area contributed by atoms with E-state index in [4.69, 9.17) is 0 Å². The zero-order chi connectivity index (χ0) is 11.8. The van der Waals surface area contributed by atoms with Crippen molar-refractivity contribution in [2.45, 2.75) is 24.7 Å². The molecule has 2 rings (SSSR count). The van der Waals surface area contributed by atoms with E-state index in [1.807, 2.05) is 0 Å². The van der Waals surface area contributed by atoms with Crippen LogP contribution >= 0.6 is 0 Å². The van der Waals surface area contributed by atoms with Crippen molar-refractivity contribution in [1.82, 2.24) is 0 Å². The Balaban J connectivity index is 2.49. The molecular formula is C12H14O3S. The largest absolute Gasteiger partial charge is 0.294 e. The molecule has 0 N–H and O–H groups in total. The fourth-order valence-electron chi connectivity index (χ4n) is 1.66. The van der Waals surface area contributed by atoms with Crippen molar-refractivity contribution in [3.63, 3.8) is 0 Å². The number of ketones is 1. The Bertz CT molecular complexity index is 513. The first-order valence-electron chi connectivity index (χ1n) is 5.42. The predicted octanol–water partition coefficient (Wildman–Crippen LogP) is 2.07. The molecule has 0 unspecified atom stereocenters. The molecule has 0 bridgehead atoms. The van der Waals surface area contributed by atoms with Crippen LogP contribution in [0.1, 0.15) is 30.1 Å². The standard InChI is InChI=1S/C12H14O3S/c1-2-16(14,15)11-6-4-3-5-10(11)12(13)9-7-8-9/h3-6,9H,2,7-8H2,1H3. The summed E-state index contributed by atoms with van der Waals surface area (Å²) in [6.07, 6.45) is 1.78. The van der Waals surface area contributed by atoms with Crippen LogP contribution in [-0.4, -0.2) is 20.0 Å². The molecule has 1 fully saturated rings. The van der Waals surface area contributed by atoms with E-state index >= 15 is 0 Å². The van der Waals surface area contributed by atoms with Gasteiger partial charge in [0, 0.05) is 11.5 Å². The molecule has 1 aromatic rings. The second kappa shape index (κ2) is 4.01. The smallest absolute Gasteiger partial charge is 0.178 e. The fourth-order valence-corrected chi connectivity index (χ4v) is 2.76. The van der Waals surface area contributed by atoms with Crippen LogP contribution in [0, 0.1) is 5.92 Å². The van der Waals surface area contributed by atoms with Gasteiger partial charge in [0.1, 0.15) is 0 Å². The predicted molar refractivity (Wildman–Crippen MR) is 61.2 cm³/mol. The first kappa shape index (κ1) is 11.3. The highest BCUT2D eigenvalue weighted by Crippen LogP contribution is 2.34. The summed E-state index contributed by atoms with van der Waals surface area (Å²) in [5.41, 5.74) is 0.367. The van der Waals surface area contributed by atoms with E-state index in [1.165, 1.54) is 6.07 Å². The number of benzene rings is 1. The Hall–Kier alpha value is -1.16. The Morgan fingerprint density at radius 1 is 1.31 bits per heavy atom. The van der Waals surface area contributed by atoms with E-state index in [0.717, 1.165) is 12.8 Å². The van der Waals surface area contributed by atoms with Crippen LogP contribution in [0.3, 0.4) is 0 Å². The van der Waals surface area contributed by atoms with Crippen molar-refractivity contribution < 1.29 is 13.2 Å². The van der Waals surface area contributed by atoms with E-state index in [9.17, 15) is 13.2 Å². The molecule has 1 aliphatic rings. The zero-order valence-electron chi connectivity index (χ0n) is 9.14. The Morgan fingerprint density at radius 3 is 2.50 bits per heavy atom. The molecule has 0 heterocycles.